The molecule has 0 spiro atoms. The lowest BCUT2D eigenvalue weighted by Crippen LogP contribution is -2.31. The maximum Gasteiger partial charge on any atom is 0.335 e. The standard InChI is InChI=1S/C15H19NO5/c1-21-13-6-5-10(15(19)20)8-12(13)16-11-4-2-3-9(7-11)14(17)18/h5-6,8-9,11,16H,2-4,7H2,1H3,(H,17,18)(H,19,20). The van der Waals surface area contributed by atoms with Crippen molar-refractivity contribution < 1.29 is 24.5 Å². The van der Waals surface area contributed by atoms with Crippen molar-refractivity contribution in [3.63, 3.8) is 0 Å². The van der Waals surface area contributed by atoms with Crippen molar-refractivity contribution in [3.8, 4) is 5.75 Å². The van der Waals surface area contributed by atoms with Gasteiger partial charge in [0.2, 0.25) is 0 Å². The van der Waals surface area contributed by atoms with Gasteiger partial charge in [0.25, 0.3) is 0 Å². The van der Waals surface area contributed by atoms with E-state index < -0.39 is 11.9 Å². The van der Waals surface area contributed by atoms with Crippen LogP contribution in [0, 0.1) is 5.92 Å². The second-order valence-electron chi connectivity index (χ2n) is 5.26. The molecule has 0 bridgehead atoms. The number of benzene rings is 1. The van der Waals surface area contributed by atoms with Crippen LogP contribution in [-0.2, 0) is 4.79 Å². The van der Waals surface area contributed by atoms with Crippen LogP contribution in [0.1, 0.15) is 36.0 Å². The highest BCUT2D eigenvalue weighted by atomic mass is 16.5. The van der Waals surface area contributed by atoms with Crippen LogP contribution in [0.25, 0.3) is 0 Å². The fraction of sp³-hybridized carbons (Fsp3) is 0.467. The summed E-state index contributed by atoms with van der Waals surface area (Å²) in [6, 6.07) is 4.61. The monoisotopic (exact) mass is 293 g/mol. The molecule has 2 unspecified atom stereocenters. The number of aliphatic carboxylic acids is 1. The summed E-state index contributed by atoms with van der Waals surface area (Å²) in [5.41, 5.74) is 0.761. The summed E-state index contributed by atoms with van der Waals surface area (Å²) in [6.45, 7) is 0. The molecular formula is C15H19NO5. The van der Waals surface area contributed by atoms with Crippen molar-refractivity contribution in [3.05, 3.63) is 23.8 Å². The molecule has 0 aromatic heterocycles. The van der Waals surface area contributed by atoms with E-state index in [0.717, 1.165) is 12.8 Å². The largest absolute Gasteiger partial charge is 0.495 e. The summed E-state index contributed by atoms with van der Waals surface area (Å²) < 4.78 is 5.22. The quantitative estimate of drug-likeness (QED) is 0.771. The van der Waals surface area contributed by atoms with Gasteiger partial charge in [-0.2, -0.15) is 0 Å². The molecule has 6 heteroatoms. The Morgan fingerprint density at radius 1 is 1.29 bits per heavy atom. The highest BCUT2D eigenvalue weighted by Crippen LogP contribution is 2.31. The van der Waals surface area contributed by atoms with Gasteiger partial charge in [0.1, 0.15) is 5.75 Å². The average Bonchev–Trinajstić information content (AvgIpc) is 2.47. The molecule has 0 amide bonds. The SMILES string of the molecule is COc1ccc(C(=O)O)cc1NC1CCCC(C(=O)O)C1. The molecule has 0 aliphatic heterocycles. The van der Waals surface area contributed by atoms with Gasteiger partial charge in [-0.3, -0.25) is 4.79 Å². The zero-order valence-corrected chi connectivity index (χ0v) is 11.8. The number of anilines is 1. The summed E-state index contributed by atoms with van der Waals surface area (Å²) in [6.07, 6.45) is 2.94. The van der Waals surface area contributed by atoms with E-state index in [1.54, 1.807) is 6.07 Å². The molecule has 1 fully saturated rings. The molecule has 0 heterocycles. The Kier molecular flexibility index (Phi) is 4.67. The number of nitrogens with one attached hydrogen (secondary N) is 1. The minimum Gasteiger partial charge on any atom is -0.495 e. The minimum atomic E-state index is -1.01. The third-order valence-corrected chi connectivity index (χ3v) is 3.83. The maximum atomic E-state index is 11.1. The highest BCUT2D eigenvalue weighted by Gasteiger charge is 2.27. The Morgan fingerprint density at radius 2 is 2.05 bits per heavy atom. The van der Waals surface area contributed by atoms with Gasteiger partial charge < -0.3 is 20.3 Å². The first kappa shape index (κ1) is 15.2. The van der Waals surface area contributed by atoms with E-state index in [4.69, 9.17) is 14.9 Å². The fourth-order valence-electron chi connectivity index (χ4n) is 2.72. The molecule has 1 aliphatic carbocycles. The molecule has 1 saturated carbocycles. The zero-order chi connectivity index (χ0) is 15.4. The number of hydrogen-bond acceptors (Lipinski definition) is 4. The molecule has 1 aromatic rings. The smallest absolute Gasteiger partial charge is 0.335 e. The Morgan fingerprint density at radius 3 is 2.67 bits per heavy atom. The second-order valence-corrected chi connectivity index (χ2v) is 5.26. The molecule has 6 nitrogen and oxygen atoms in total. The Labute approximate surface area is 122 Å². The van der Waals surface area contributed by atoms with E-state index in [1.807, 2.05) is 0 Å². The van der Waals surface area contributed by atoms with Crippen molar-refractivity contribution in [2.45, 2.75) is 31.7 Å². The maximum absolute atomic E-state index is 11.1. The van der Waals surface area contributed by atoms with Crippen LogP contribution in [0.3, 0.4) is 0 Å². The number of aromatic carboxylic acids is 1. The summed E-state index contributed by atoms with van der Waals surface area (Å²) in [4.78, 5) is 22.1. The third kappa shape index (κ3) is 3.65. The lowest BCUT2D eigenvalue weighted by Gasteiger charge is -2.28. The normalized spacial score (nSPS) is 21.6. The van der Waals surface area contributed by atoms with Gasteiger partial charge in [-0.05, 0) is 37.5 Å². The molecule has 0 saturated heterocycles. The second kappa shape index (κ2) is 6.47. The molecule has 2 atom stereocenters. The zero-order valence-electron chi connectivity index (χ0n) is 11.8. The van der Waals surface area contributed by atoms with Crippen molar-refractivity contribution in [1.82, 2.24) is 0 Å². The number of hydrogen-bond donors (Lipinski definition) is 3. The van der Waals surface area contributed by atoms with Gasteiger partial charge in [-0.1, -0.05) is 6.42 Å². The topological polar surface area (TPSA) is 95.9 Å². The first-order valence-corrected chi connectivity index (χ1v) is 6.92. The molecule has 0 radical (unpaired) electrons. The summed E-state index contributed by atoms with van der Waals surface area (Å²) in [5, 5.41) is 21.4. The first-order valence-electron chi connectivity index (χ1n) is 6.92. The summed E-state index contributed by atoms with van der Waals surface area (Å²) in [5.74, 6) is -1.57. The Hall–Kier alpha value is -2.24. The molecule has 2 rings (SSSR count). The minimum absolute atomic E-state index is 0.0118. The number of carboxylic acids is 2. The molecule has 1 aromatic carbocycles. The van der Waals surface area contributed by atoms with Gasteiger partial charge in [0, 0.05) is 6.04 Å². The molecule has 1 aliphatic rings. The summed E-state index contributed by atoms with van der Waals surface area (Å²) in [7, 11) is 1.52. The predicted molar refractivity (Wildman–Crippen MR) is 77.0 cm³/mol. The number of methoxy groups -OCH3 is 1. The molecular weight excluding hydrogens is 274 g/mol. The van der Waals surface area contributed by atoms with Gasteiger partial charge in [0.05, 0.1) is 24.3 Å². The van der Waals surface area contributed by atoms with E-state index in [1.165, 1.54) is 19.2 Å². The van der Waals surface area contributed by atoms with E-state index in [2.05, 4.69) is 5.32 Å². The van der Waals surface area contributed by atoms with Crippen molar-refractivity contribution in [2.24, 2.45) is 5.92 Å². The number of carboxylic acid groups (broad SMARTS) is 2. The van der Waals surface area contributed by atoms with Crippen molar-refractivity contribution in [1.29, 1.82) is 0 Å². The molecule has 21 heavy (non-hydrogen) atoms. The van der Waals surface area contributed by atoms with E-state index in [0.29, 0.717) is 24.3 Å². The van der Waals surface area contributed by atoms with Crippen LogP contribution < -0.4 is 10.1 Å². The van der Waals surface area contributed by atoms with Gasteiger partial charge >= 0.3 is 11.9 Å². The summed E-state index contributed by atoms with van der Waals surface area (Å²) >= 11 is 0. The van der Waals surface area contributed by atoms with Crippen LogP contribution in [0.5, 0.6) is 5.75 Å². The fourth-order valence-corrected chi connectivity index (χ4v) is 2.72. The third-order valence-electron chi connectivity index (χ3n) is 3.83. The van der Waals surface area contributed by atoms with Crippen LogP contribution in [0.4, 0.5) is 5.69 Å². The lowest BCUT2D eigenvalue weighted by atomic mass is 9.85. The van der Waals surface area contributed by atoms with Crippen LogP contribution in [0.2, 0.25) is 0 Å². The molecule has 3 N–H and O–H groups in total. The van der Waals surface area contributed by atoms with Crippen molar-refractivity contribution in [2.75, 3.05) is 12.4 Å². The first-order chi connectivity index (χ1) is 10.0. The number of carbonyl (C=O) groups is 2. The van der Waals surface area contributed by atoms with E-state index >= 15 is 0 Å². The van der Waals surface area contributed by atoms with Crippen molar-refractivity contribution >= 4 is 17.6 Å². The average molecular weight is 293 g/mol. The van der Waals surface area contributed by atoms with Gasteiger partial charge in [-0.15, -0.1) is 0 Å². The Balaban J connectivity index is 2.15. The lowest BCUT2D eigenvalue weighted by molar-refractivity contribution is -0.142. The van der Waals surface area contributed by atoms with Crippen LogP contribution in [-0.4, -0.2) is 35.3 Å². The Bertz CT molecular complexity index is 543. The van der Waals surface area contributed by atoms with E-state index in [-0.39, 0.29) is 17.5 Å². The number of ether oxygens (including phenoxy) is 1. The highest BCUT2D eigenvalue weighted by molar-refractivity contribution is 5.89. The van der Waals surface area contributed by atoms with E-state index in [9.17, 15) is 9.59 Å². The predicted octanol–water partition coefficient (Wildman–Crippen LogP) is 2.45. The van der Waals surface area contributed by atoms with Gasteiger partial charge in [0.15, 0.2) is 0 Å². The molecule has 114 valence electrons. The van der Waals surface area contributed by atoms with Gasteiger partial charge in [-0.25, -0.2) is 4.79 Å². The van der Waals surface area contributed by atoms with Crippen LogP contribution >= 0.6 is 0 Å². The van der Waals surface area contributed by atoms with Crippen LogP contribution in [0.15, 0.2) is 18.2 Å². The number of rotatable bonds is 5.